The van der Waals surface area contributed by atoms with Crippen molar-refractivity contribution in [2.24, 2.45) is 16.6 Å². The summed E-state index contributed by atoms with van der Waals surface area (Å²) in [6.45, 7) is 6.85. The molecule has 1 aromatic rings. The number of hydrogen-bond donors (Lipinski definition) is 1. The standard InChI is InChI=1S/C10H17N3S/c1-7(2)10(11)12-5-4-9-6-14-8(3)13-9/h6-7H,4-5H2,1-3H3,(H2,11,12). The zero-order valence-corrected chi connectivity index (χ0v) is 9.77. The monoisotopic (exact) mass is 211 g/mol. The van der Waals surface area contributed by atoms with Crippen molar-refractivity contribution in [3.63, 3.8) is 0 Å². The fourth-order valence-corrected chi connectivity index (χ4v) is 1.65. The zero-order valence-electron chi connectivity index (χ0n) is 8.95. The number of aryl methyl sites for hydroxylation is 1. The zero-order chi connectivity index (χ0) is 10.6. The summed E-state index contributed by atoms with van der Waals surface area (Å²) in [5.74, 6) is 1.07. The molecule has 0 aliphatic rings. The molecule has 0 aliphatic heterocycles. The van der Waals surface area contributed by atoms with Gasteiger partial charge in [-0.1, -0.05) is 13.8 Å². The van der Waals surface area contributed by atoms with Gasteiger partial charge >= 0.3 is 0 Å². The molecule has 0 atom stereocenters. The van der Waals surface area contributed by atoms with E-state index < -0.39 is 0 Å². The van der Waals surface area contributed by atoms with Crippen LogP contribution in [0.3, 0.4) is 0 Å². The van der Waals surface area contributed by atoms with Crippen molar-refractivity contribution in [2.45, 2.75) is 27.2 Å². The number of hydrogen-bond acceptors (Lipinski definition) is 3. The van der Waals surface area contributed by atoms with Gasteiger partial charge in [-0.25, -0.2) is 4.98 Å². The number of rotatable bonds is 4. The number of aromatic nitrogens is 1. The molecule has 4 heteroatoms. The summed E-state index contributed by atoms with van der Waals surface area (Å²) in [6.07, 6.45) is 0.887. The number of amidine groups is 1. The molecule has 78 valence electrons. The Labute approximate surface area is 89.1 Å². The Morgan fingerprint density at radius 1 is 1.64 bits per heavy atom. The van der Waals surface area contributed by atoms with E-state index in [9.17, 15) is 0 Å². The molecule has 0 bridgehead atoms. The average Bonchev–Trinajstić information content (AvgIpc) is 2.51. The van der Waals surface area contributed by atoms with Crippen molar-refractivity contribution >= 4 is 17.2 Å². The molecule has 3 nitrogen and oxygen atoms in total. The molecular weight excluding hydrogens is 194 g/mol. The summed E-state index contributed by atoms with van der Waals surface area (Å²) < 4.78 is 0. The van der Waals surface area contributed by atoms with Crippen LogP contribution in [0, 0.1) is 12.8 Å². The molecule has 0 amide bonds. The van der Waals surface area contributed by atoms with Gasteiger partial charge in [0.25, 0.3) is 0 Å². The summed E-state index contributed by atoms with van der Waals surface area (Å²) in [5, 5.41) is 3.19. The highest BCUT2D eigenvalue weighted by Gasteiger charge is 1.99. The first-order valence-electron chi connectivity index (χ1n) is 4.80. The van der Waals surface area contributed by atoms with E-state index in [0.29, 0.717) is 5.92 Å². The van der Waals surface area contributed by atoms with Gasteiger partial charge in [-0.05, 0) is 6.92 Å². The molecule has 0 aliphatic carbocycles. The third kappa shape index (κ3) is 3.46. The minimum atomic E-state index is 0.340. The fraction of sp³-hybridized carbons (Fsp3) is 0.600. The third-order valence-electron chi connectivity index (χ3n) is 1.92. The number of nitrogens with zero attached hydrogens (tertiary/aromatic N) is 2. The van der Waals surface area contributed by atoms with E-state index in [2.05, 4.69) is 15.4 Å². The number of thiazole rings is 1. The SMILES string of the molecule is Cc1nc(CCN=C(N)C(C)C)cs1. The van der Waals surface area contributed by atoms with Gasteiger partial charge in [0, 0.05) is 24.3 Å². The molecule has 2 N–H and O–H groups in total. The minimum absolute atomic E-state index is 0.340. The Kier molecular flexibility index (Phi) is 4.07. The molecular formula is C10H17N3S. The van der Waals surface area contributed by atoms with Crippen LogP contribution in [0.1, 0.15) is 24.5 Å². The van der Waals surface area contributed by atoms with Crippen molar-refractivity contribution in [3.05, 3.63) is 16.1 Å². The van der Waals surface area contributed by atoms with E-state index in [-0.39, 0.29) is 0 Å². The first-order chi connectivity index (χ1) is 6.59. The normalized spacial score (nSPS) is 12.4. The lowest BCUT2D eigenvalue weighted by atomic mass is 10.2. The highest BCUT2D eigenvalue weighted by molar-refractivity contribution is 7.09. The summed E-state index contributed by atoms with van der Waals surface area (Å²) in [6, 6.07) is 0. The lowest BCUT2D eigenvalue weighted by Gasteiger charge is -2.02. The molecule has 0 saturated heterocycles. The maximum atomic E-state index is 5.72. The van der Waals surface area contributed by atoms with Crippen LogP contribution < -0.4 is 5.73 Å². The topological polar surface area (TPSA) is 51.3 Å². The smallest absolute Gasteiger partial charge is 0.0962 e. The molecule has 1 heterocycles. The molecule has 0 unspecified atom stereocenters. The molecule has 1 rings (SSSR count). The lowest BCUT2D eigenvalue weighted by Crippen LogP contribution is -2.19. The second-order valence-corrected chi connectivity index (χ2v) is 4.63. The molecule has 14 heavy (non-hydrogen) atoms. The minimum Gasteiger partial charge on any atom is -0.387 e. The van der Waals surface area contributed by atoms with Gasteiger partial charge in [0.15, 0.2) is 0 Å². The van der Waals surface area contributed by atoms with Gasteiger partial charge in [0.1, 0.15) is 0 Å². The van der Waals surface area contributed by atoms with E-state index in [1.54, 1.807) is 11.3 Å². The lowest BCUT2D eigenvalue weighted by molar-refractivity contribution is 0.843. The van der Waals surface area contributed by atoms with Crippen LogP contribution in [0.25, 0.3) is 0 Å². The largest absolute Gasteiger partial charge is 0.387 e. The van der Waals surface area contributed by atoms with Crippen LogP contribution in [-0.2, 0) is 6.42 Å². The van der Waals surface area contributed by atoms with Gasteiger partial charge in [-0.3, -0.25) is 4.99 Å². The van der Waals surface area contributed by atoms with Gasteiger partial charge in [-0.2, -0.15) is 0 Å². The molecule has 0 radical (unpaired) electrons. The first kappa shape index (κ1) is 11.2. The van der Waals surface area contributed by atoms with Gasteiger partial charge in [0.2, 0.25) is 0 Å². The summed E-state index contributed by atoms with van der Waals surface area (Å²) in [7, 11) is 0. The van der Waals surface area contributed by atoms with Crippen LogP contribution in [0.15, 0.2) is 10.4 Å². The second-order valence-electron chi connectivity index (χ2n) is 3.57. The third-order valence-corrected chi connectivity index (χ3v) is 2.74. The van der Waals surface area contributed by atoms with Crippen LogP contribution >= 0.6 is 11.3 Å². The van der Waals surface area contributed by atoms with E-state index in [4.69, 9.17) is 5.73 Å². The molecule has 1 aromatic heterocycles. The summed E-state index contributed by atoms with van der Waals surface area (Å²) >= 11 is 1.68. The quantitative estimate of drug-likeness (QED) is 0.612. The van der Waals surface area contributed by atoms with Crippen LogP contribution in [0.5, 0.6) is 0 Å². The van der Waals surface area contributed by atoms with Crippen LogP contribution in [0.2, 0.25) is 0 Å². The summed E-state index contributed by atoms with van der Waals surface area (Å²) in [5.41, 5.74) is 6.84. The predicted octanol–water partition coefficient (Wildman–Crippen LogP) is 2.01. The van der Waals surface area contributed by atoms with Gasteiger partial charge in [0.05, 0.1) is 16.5 Å². The first-order valence-corrected chi connectivity index (χ1v) is 5.68. The van der Waals surface area contributed by atoms with Crippen LogP contribution in [0.4, 0.5) is 0 Å². The highest BCUT2D eigenvalue weighted by atomic mass is 32.1. The van der Waals surface area contributed by atoms with Gasteiger partial charge < -0.3 is 5.73 Å². The maximum absolute atomic E-state index is 5.72. The fourth-order valence-electron chi connectivity index (χ4n) is 1.01. The van der Waals surface area contributed by atoms with E-state index in [1.165, 1.54) is 0 Å². The molecule has 0 aromatic carbocycles. The number of aliphatic imine (C=N–C) groups is 1. The average molecular weight is 211 g/mol. The highest BCUT2D eigenvalue weighted by Crippen LogP contribution is 2.08. The van der Waals surface area contributed by atoms with Crippen molar-refractivity contribution in [1.82, 2.24) is 4.98 Å². The van der Waals surface area contributed by atoms with Gasteiger partial charge in [-0.15, -0.1) is 11.3 Å². The Hall–Kier alpha value is -0.900. The Morgan fingerprint density at radius 2 is 2.36 bits per heavy atom. The maximum Gasteiger partial charge on any atom is 0.0962 e. The van der Waals surface area contributed by atoms with Crippen molar-refractivity contribution in [2.75, 3.05) is 6.54 Å². The number of nitrogens with two attached hydrogens (primary N) is 1. The Morgan fingerprint density at radius 3 is 2.86 bits per heavy atom. The molecule has 0 fully saturated rings. The predicted molar refractivity (Wildman–Crippen MR) is 61.9 cm³/mol. The molecule has 0 spiro atoms. The summed E-state index contributed by atoms with van der Waals surface area (Å²) in [4.78, 5) is 8.65. The van der Waals surface area contributed by atoms with Crippen molar-refractivity contribution in [1.29, 1.82) is 0 Å². The van der Waals surface area contributed by atoms with Crippen LogP contribution in [-0.4, -0.2) is 17.4 Å². The molecule has 0 saturated carbocycles. The second kappa shape index (κ2) is 5.10. The van der Waals surface area contributed by atoms with Crippen molar-refractivity contribution in [3.8, 4) is 0 Å². The Bertz CT molecular complexity index is 315. The van der Waals surface area contributed by atoms with Crippen molar-refractivity contribution < 1.29 is 0 Å². The van der Waals surface area contributed by atoms with E-state index >= 15 is 0 Å². The van der Waals surface area contributed by atoms with E-state index in [0.717, 1.165) is 29.5 Å². The van der Waals surface area contributed by atoms with E-state index in [1.807, 2.05) is 20.8 Å². The Balaban J connectivity index is 2.38.